The van der Waals surface area contributed by atoms with Crippen LogP contribution in [0.1, 0.15) is 25.1 Å². The quantitative estimate of drug-likeness (QED) is 0.634. The normalized spacial score (nSPS) is 8.83. The Morgan fingerprint density at radius 3 is 2.83 bits per heavy atom. The van der Waals surface area contributed by atoms with Crippen molar-refractivity contribution in [2.24, 2.45) is 0 Å². The Balaban J connectivity index is 3.09. The number of anilines is 1. The van der Waals surface area contributed by atoms with E-state index < -0.39 is 0 Å². The summed E-state index contributed by atoms with van der Waals surface area (Å²) in [7, 11) is 0. The van der Waals surface area contributed by atoms with E-state index >= 15 is 0 Å². The standard InChI is InChI=1S/C10H12N2/c1-3-5-10-9(11)6-8(4-2)7-12-10/h6-7H,4,11H2,1-2H3. The van der Waals surface area contributed by atoms with Crippen LogP contribution in [0.4, 0.5) is 5.69 Å². The Bertz CT molecular complexity index is 331. The lowest BCUT2D eigenvalue weighted by Gasteiger charge is -1.99. The molecule has 0 saturated heterocycles. The van der Waals surface area contributed by atoms with Gasteiger partial charge in [-0.1, -0.05) is 12.8 Å². The van der Waals surface area contributed by atoms with Crippen LogP contribution in [0.3, 0.4) is 0 Å². The lowest BCUT2D eigenvalue weighted by Crippen LogP contribution is -1.95. The van der Waals surface area contributed by atoms with E-state index in [4.69, 9.17) is 5.73 Å². The second kappa shape index (κ2) is 3.77. The molecule has 1 rings (SSSR count). The number of nitrogens with zero attached hydrogens (tertiary/aromatic N) is 1. The molecular formula is C10H12N2. The largest absolute Gasteiger partial charge is 0.396 e. The summed E-state index contributed by atoms with van der Waals surface area (Å²) in [6, 6.07) is 1.92. The van der Waals surface area contributed by atoms with Crippen LogP contribution in [0, 0.1) is 11.8 Å². The van der Waals surface area contributed by atoms with Crippen LogP contribution in [0.15, 0.2) is 12.3 Å². The Morgan fingerprint density at radius 2 is 2.33 bits per heavy atom. The van der Waals surface area contributed by atoms with Gasteiger partial charge in [0.1, 0.15) is 5.69 Å². The van der Waals surface area contributed by atoms with E-state index in [-0.39, 0.29) is 0 Å². The molecule has 0 aromatic carbocycles. The highest BCUT2D eigenvalue weighted by Gasteiger charge is 1.97. The molecule has 0 radical (unpaired) electrons. The van der Waals surface area contributed by atoms with Crippen LogP contribution in [0.5, 0.6) is 0 Å². The zero-order chi connectivity index (χ0) is 8.97. The molecule has 0 aliphatic heterocycles. The first kappa shape index (κ1) is 8.61. The van der Waals surface area contributed by atoms with Gasteiger partial charge in [-0.05, 0) is 30.9 Å². The molecule has 2 nitrogen and oxygen atoms in total. The van der Waals surface area contributed by atoms with Crippen molar-refractivity contribution >= 4 is 5.69 Å². The fraction of sp³-hybridized carbons (Fsp3) is 0.300. The number of nitrogens with two attached hydrogens (primary N) is 1. The zero-order valence-electron chi connectivity index (χ0n) is 7.39. The summed E-state index contributed by atoms with van der Waals surface area (Å²) in [6.45, 7) is 3.84. The number of hydrogen-bond acceptors (Lipinski definition) is 2. The van der Waals surface area contributed by atoms with E-state index in [0.29, 0.717) is 11.4 Å². The number of rotatable bonds is 1. The molecule has 1 aromatic rings. The Kier molecular flexibility index (Phi) is 2.71. The number of aromatic nitrogens is 1. The van der Waals surface area contributed by atoms with Crippen LogP contribution in [-0.4, -0.2) is 4.98 Å². The fourth-order valence-corrected chi connectivity index (χ4v) is 0.944. The molecule has 0 spiro atoms. The maximum absolute atomic E-state index is 5.72. The van der Waals surface area contributed by atoms with Gasteiger partial charge in [-0.15, -0.1) is 0 Å². The molecule has 0 fully saturated rings. The number of aryl methyl sites for hydroxylation is 1. The first-order chi connectivity index (χ1) is 5.77. The second-order valence-electron chi connectivity index (χ2n) is 2.51. The van der Waals surface area contributed by atoms with E-state index in [2.05, 4.69) is 23.7 Å². The van der Waals surface area contributed by atoms with Crippen LogP contribution < -0.4 is 5.73 Å². The van der Waals surface area contributed by atoms with E-state index in [1.165, 1.54) is 0 Å². The number of nitrogen functional groups attached to an aromatic ring is 1. The van der Waals surface area contributed by atoms with Gasteiger partial charge < -0.3 is 5.73 Å². The van der Waals surface area contributed by atoms with Crippen molar-refractivity contribution in [2.45, 2.75) is 20.3 Å². The summed E-state index contributed by atoms with van der Waals surface area (Å²) in [6.07, 6.45) is 2.77. The van der Waals surface area contributed by atoms with Crippen molar-refractivity contribution in [3.05, 3.63) is 23.5 Å². The molecule has 0 aliphatic carbocycles. The molecule has 1 heterocycles. The molecule has 1 aromatic heterocycles. The summed E-state index contributed by atoms with van der Waals surface area (Å²) in [5.41, 5.74) is 8.21. The molecule has 2 heteroatoms. The highest BCUT2D eigenvalue weighted by molar-refractivity contribution is 5.52. The van der Waals surface area contributed by atoms with Gasteiger partial charge in [0, 0.05) is 6.20 Å². The smallest absolute Gasteiger partial charge is 0.136 e. The van der Waals surface area contributed by atoms with Crippen LogP contribution in [0.2, 0.25) is 0 Å². The maximum atomic E-state index is 5.72. The van der Waals surface area contributed by atoms with Crippen LogP contribution >= 0.6 is 0 Å². The monoisotopic (exact) mass is 160 g/mol. The Morgan fingerprint density at radius 1 is 1.58 bits per heavy atom. The molecule has 0 unspecified atom stereocenters. The second-order valence-corrected chi connectivity index (χ2v) is 2.51. The Labute approximate surface area is 72.8 Å². The molecular weight excluding hydrogens is 148 g/mol. The van der Waals surface area contributed by atoms with Crippen LogP contribution in [0.25, 0.3) is 0 Å². The molecule has 2 N–H and O–H groups in total. The highest BCUT2D eigenvalue weighted by Crippen LogP contribution is 2.09. The SMILES string of the molecule is CC#Cc1ncc(CC)cc1N. The average Bonchev–Trinajstić information content (AvgIpc) is 2.09. The van der Waals surface area contributed by atoms with Gasteiger partial charge in [-0.3, -0.25) is 0 Å². The van der Waals surface area contributed by atoms with Crippen molar-refractivity contribution in [3.63, 3.8) is 0 Å². The molecule has 0 aliphatic rings. The van der Waals surface area contributed by atoms with Gasteiger partial charge >= 0.3 is 0 Å². The van der Waals surface area contributed by atoms with Gasteiger partial charge in [0.25, 0.3) is 0 Å². The molecule has 62 valence electrons. The fourth-order valence-electron chi connectivity index (χ4n) is 0.944. The van der Waals surface area contributed by atoms with E-state index in [1.807, 2.05) is 12.3 Å². The molecule has 0 atom stereocenters. The Hall–Kier alpha value is -1.49. The summed E-state index contributed by atoms with van der Waals surface area (Å²) in [4.78, 5) is 4.14. The van der Waals surface area contributed by atoms with Crippen molar-refractivity contribution in [1.29, 1.82) is 0 Å². The average molecular weight is 160 g/mol. The minimum atomic E-state index is 0.670. The van der Waals surface area contributed by atoms with Crippen LogP contribution in [-0.2, 0) is 6.42 Å². The lowest BCUT2D eigenvalue weighted by molar-refractivity contribution is 1.10. The predicted octanol–water partition coefficient (Wildman–Crippen LogP) is 1.60. The molecule has 0 saturated carbocycles. The minimum Gasteiger partial charge on any atom is -0.396 e. The summed E-state index contributed by atoms with van der Waals surface area (Å²) < 4.78 is 0. The van der Waals surface area contributed by atoms with E-state index in [9.17, 15) is 0 Å². The minimum absolute atomic E-state index is 0.670. The van der Waals surface area contributed by atoms with Crippen molar-refractivity contribution in [2.75, 3.05) is 5.73 Å². The maximum Gasteiger partial charge on any atom is 0.136 e. The molecule has 0 amide bonds. The summed E-state index contributed by atoms with van der Waals surface area (Å²) in [5, 5.41) is 0. The number of hydrogen-bond donors (Lipinski definition) is 1. The van der Waals surface area contributed by atoms with Crippen molar-refractivity contribution < 1.29 is 0 Å². The third-order valence-electron chi connectivity index (χ3n) is 1.63. The zero-order valence-corrected chi connectivity index (χ0v) is 7.39. The highest BCUT2D eigenvalue weighted by atomic mass is 14.7. The van der Waals surface area contributed by atoms with Crippen molar-refractivity contribution in [1.82, 2.24) is 4.98 Å². The molecule has 12 heavy (non-hydrogen) atoms. The summed E-state index contributed by atoms with van der Waals surface area (Å²) in [5.74, 6) is 5.61. The first-order valence-corrected chi connectivity index (χ1v) is 3.95. The predicted molar refractivity (Wildman–Crippen MR) is 50.6 cm³/mol. The van der Waals surface area contributed by atoms with Gasteiger partial charge in [0.05, 0.1) is 5.69 Å². The van der Waals surface area contributed by atoms with Gasteiger partial charge in [-0.2, -0.15) is 0 Å². The van der Waals surface area contributed by atoms with Gasteiger partial charge in [0.2, 0.25) is 0 Å². The first-order valence-electron chi connectivity index (χ1n) is 3.95. The lowest BCUT2D eigenvalue weighted by atomic mass is 10.2. The van der Waals surface area contributed by atoms with Gasteiger partial charge in [0.15, 0.2) is 0 Å². The summed E-state index contributed by atoms with van der Waals surface area (Å²) >= 11 is 0. The third kappa shape index (κ3) is 1.76. The molecule has 0 bridgehead atoms. The topological polar surface area (TPSA) is 38.9 Å². The third-order valence-corrected chi connectivity index (χ3v) is 1.63. The number of pyridine rings is 1. The van der Waals surface area contributed by atoms with E-state index in [0.717, 1.165) is 12.0 Å². The van der Waals surface area contributed by atoms with E-state index in [1.54, 1.807) is 6.92 Å². The van der Waals surface area contributed by atoms with Crippen molar-refractivity contribution in [3.8, 4) is 11.8 Å². The van der Waals surface area contributed by atoms with Gasteiger partial charge in [-0.25, -0.2) is 4.98 Å².